The number of benzene rings is 1. The third-order valence-electron chi connectivity index (χ3n) is 2.74. The highest BCUT2D eigenvalue weighted by atomic mass is 35.5. The Kier molecular flexibility index (Phi) is 5.55. The van der Waals surface area contributed by atoms with Crippen LogP contribution in [0, 0.1) is 0 Å². The molecular weight excluding hydrogens is 310 g/mol. The summed E-state index contributed by atoms with van der Waals surface area (Å²) in [5.74, 6) is 0. The first-order valence-electron chi connectivity index (χ1n) is 6.44. The minimum Gasteiger partial charge on any atom is -0.394 e. The maximum Gasteiger partial charge on any atom is 0.315 e. The second-order valence-corrected chi connectivity index (χ2v) is 5.92. The molecule has 2 amide bonds. The zero-order valence-electron chi connectivity index (χ0n) is 11.5. The summed E-state index contributed by atoms with van der Waals surface area (Å²) in [5, 5.41) is 17.6. The number of carbonyl (C=O) groups is 1. The lowest BCUT2D eigenvalue weighted by Gasteiger charge is -2.10. The summed E-state index contributed by atoms with van der Waals surface area (Å²) in [6.45, 7) is 1.98. The summed E-state index contributed by atoms with van der Waals surface area (Å²) in [4.78, 5) is 16.0. The van der Waals surface area contributed by atoms with Crippen LogP contribution in [0.3, 0.4) is 0 Å². The highest BCUT2D eigenvalue weighted by Gasteiger charge is 2.08. The molecule has 0 aliphatic carbocycles. The van der Waals surface area contributed by atoms with Crippen LogP contribution in [-0.4, -0.2) is 28.8 Å². The summed E-state index contributed by atoms with van der Waals surface area (Å²) in [7, 11) is 0. The van der Waals surface area contributed by atoms with Crippen molar-refractivity contribution in [1.82, 2.24) is 15.6 Å². The molecule has 7 heteroatoms. The van der Waals surface area contributed by atoms with E-state index >= 15 is 0 Å². The second-order valence-electron chi connectivity index (χ2n) is 4.54. The van der Waals surface area contributed by atoms with Crippen LogP contribution in [-0.2, 0) is 6.54 Å². The van der Waals surface area contributed by atoms with Crippen molar-refractivity contribution >= 4 is 29.0 Å². The van der Waals surface area contributed by atoms with Crippen LogP contribution >= 0.6 is 22.9 Å². The molecule has 0 unspecified atom stereocenters. The van der Waals surface area contributed by atoms with E-state index < -0.39 is 0 Å². The van der Waals surface area contributed by atoms with Crippen molar-refractivity contribution in [2.24, 2.45) is 0 Å². The Morgan fingerprint density at radius 3 is 2.81 bits per heavy atom. The molecule has 0 radical (unpaired) electrons. The van der Waals surface area contributed by atoms with E-state index in [1.54, 1.807) is 6.92 Å². The van der Waals surface area contributed by atoms with Crippen molar-refractivity contribution in [2.45, 2.75) is 19.5 Å². The van der Waals surface area contributed by atoms with Gasteiger partial charge in [0.25, 0.3) is 0 Å². The maximum absolute atomic E-state index is 11.5. The first kappa shape index (κ1) is 15.8. The van der Waals surface area contributed by atoms with Crippen LogP contribution in [0.15, 0.2) is 29.6 Å². The predicted molar refractivity (Wildman–Crippen MR) is 84.5 cm³/mol. The van der Waals surface area contributed by atoms with Crippen LogP contribution in [0.2, 0.25) is 5.02 Å². The van der Waals surface area contributed by atoms with Crippen LogP contribution in [0.1, 0.15) is 11.9 Å². The van der Waals surface area contributed by atoms with Crippen LogP contribution in [0.25, 0.3) is 11.3 Å². The Labute approximate surface area is 132 Å². The van der Waals surface area contributed by atoms with Crippen LogP contribution in [0.5, 0.6) is 0 Å². The van der Waals surface area contributed by atoms with Crippen molar-refractivity contribution in [1.29, 1.82) is 0 Å². The van der Waals surface area contributed by atoms with Gasteiger partial charge in [-0.15, -0.1) is 11.3 Å². The van der Waals surface area contributed by atoms with Crippen molar-refractivity contribution in [2.75, 3.05) is 6.61 Å². The van der Waals surface area contributed by atoms with Crippen molar-refractivity contribution in [3.05, 3.63) is 39.7 Å². The van der Waals surface area contributed by atoms with E-state index in [1.165, 1.54) is 11.3 Å². The van der Waals surface area contributed by atoms with Crippen molar-refractivity contribution in [3.63, 3.8) is 0 Å². The molecule has 21 heavy (non-hydrogen) atoms. The minimum absolute atomic E-state index is 0.0919. The third kappa shape index (κ3) is 4.70. The SMILES string of the molecule is C[C@H](CO)NC(=O)NCc1nc(-c2ccc(Cl)cc2)cs1. The molecule has 2 rings (SSSR count). The monoisotopic (exact) mass is 325 g/mol. The highest BCUT2D eigenvalue weighted by Crippen LogP contribution is 2.23. The molecule has 112 valence electrons. The number of amides is 2. The van der Waals surface area contributed by atoms with Gasteiger partial charge in [-0.2, -0.15) is 0 Å². The lowest BCUT2D eigenvalue weighted by Crippen LogP contribution is -2.41. The van der Waals surface area contributed by atoms with Gasteiger partial charge in [0.2, 0.25) is 0 Å². The van der Waals surface area contributed by atoms with Gasteiger partial charge in [0.15, 0.2) is 0 Å². The van der Waals surface area contributed by atoms with E-state index in [2.05, 4.69) is 15.6 Å². The fourth-order valence-electron chi connectivity index (χ4n) is 1.62. The maximum atomic E-state index is 11.5. The quantitative estimate of drug-likeness (QED) is 0.791. The Morgan fingerprint density at radius 1 is 1.43 bits per heavy atom. The molecule has 5 nitrogen and oxygen atoms in total. The van der Waals surface area contributed by atoms with Crippen LogP contribution < -0.4 is 10.6 Å². The molecule has 2 aromatic rings. The zero-order valence-corrected chi connectivity index (χ0v) is 13.0. The van der Waals surface area contributed by atoms with Gasteiger partial charge < -0.3 is 15.7 Å². The van der Waals surface area contributed by atoms with E-state index in [0.717, 1.165) is 16.3 Å². The summed E-state index contributed by atoms with van der Waals surface area (Å²) in [6, 6.07) is 6.86. The van der Waals surface area contributed by atoms with E-state index in [0.29, 0.717) is 11.6 Å². The summed E-state index contributed by atoms with van der Waals surface area (Å²) in [5.41, 5.74) is 1.85. The number of aliphatic hydroxyl groups excluding tert-OH is 1. The molecule has 0 saturated carbocycles. The molecule has 0 fully saturated rings. The molecular formula is C14H16ClN3O2S. The van der Waals surface area contributed by atoms with Gasteiger partial charge in [-0.3, -0.25) is 0 Å². The number of rotatable bonds is 5. The molecule has 3 N–H and O–H groups in total. The molecule has 0 spiro atoms. The van der Waals surface area contributed by atoms with Gasteiger partial charge in [-0.05, 0) is 19.1 Å². The largest absolute Gasteiger partial charge is 0.394 e. The van der Waals surface area contributed by atoms with E-state index in [1.807, 2.05) is 29.6 Å². The number of aliphatic hydroxyl groups is 1. The normalized spacial score (nSPS) is 12.0. The van der Waals surface area contributed by atoms with Gasteiger partial charge in [0.1, 0.15) is 5.01 Å². The molecule has 0 aliphatic heterocycles. The van der Waals surface area contributed by atoms with Gasteiger partial charge in [-0.1, -0.05) is 23.7 Å². The Balaban J connectivity index is 1.91. The first-order valence-corrected chi connectivity index (χ1v) is 7.70. The number of urea groups is 1. The molecule has 1 heterocycles. The fraction of sp³-hybridized carbons (Fsp3) is 0.286. The third-order valence-corrected chi connectivity index (χ3v) is 3.84. The molecule has 0 saturated heterocycles. The lowest BCUT2D eigenvalue weighted by atomic mass is 10.2. The second kappa shape index (κ2) is 7.40. The standard InChI is InChI=1S/C14H16ClN3O2S/c1-9(7-19)17-14(20)16-6-13-18-12(8-21-13)10-2-4-11(15)5-3-10/h2-5,8-9,19H,6-7H2,1H3,(H2,16,17,20)/t9-/m1/s1. The Morgan fingerprint density at radius 2 is 2.14 bits per heavy atom. The number of thiazole rings is 1. The Bertz CT molecular complexity index is 601. The fourth-order valence-corrected chi connectivity index (χ4v) is 2.49. The van der Waals surface area contributed by atoms with Gasteiger partial charge >= 0.3 is 6.03 Å². The first-order chi connectivity index (χ1) is 10.1. The van der Waals surface area contributed by atoms with Gasteiger partial charge in [0, 0.05) is 16.0 Å². The zero-order chi connectivity index (χ0) is 15.2. The summed E-state index contributed by atoms with van der Waals surface area (Å²) >= 11 is 7.33. The van der Waals surface area contributed by atoms with E-state index in [-0.39, 0.29) is 18.7 Å². The highest BCUT2D eigenvalue weighted by molar-refractivity contribution is 7.09. The smallest absolute Gasteiger partial charge is 0.315 e. The van der Waals surface area contributed by atoms with Gasteiger partial charge in [-0.25, -0.2) is 9.78 Å². The molecule has 0 aliphatic rings. The van der Waals surface area contributed by atoms with Crippen LogP contribution in [0.4, 0.5) is 4.79 Å². The van der Waals surface area contributed by atoms with Crippen molar-refractivity contribution in [3.8, 4) is 11.3 Å². The molecule has 1 aromatic carbocycles. The predicted octanol–water partition coefficient (Wildman–Crippen LogP) is 2.64. The minimum atomic E-state index is -0.320. The number of hydrogen-bond acceptors (Lipinski definition) is 4. The number of nitrogens with zero attached hydrogens (tertiary/aromatic N) is 1. The number of aromatic nitrogens is 1. The van der Waals surface area contributed by atoms with Crippen molar-refractivity contribution < 1.29 is 9.90 Å². The van der Waals surface area contributed by atoms with E-state index in [9.17, 15) is 4.79 Å². The molecule has 1 atom stereocenters. The molecule has 1 aromatic heterocycles. The average molecular weight is 326 g/mol. The average Bonchev–Trinajstić information content (AvgIpc) is 2.94. The molecule has 0 bridgehead atoms. The van der Waals surface area contributed by atoms with E-state index in [4.69, 9.17) is 16.7 Å². The number of hydrogen-bond donors (Lipinski definition) is 3. The topological polar surface area (TPSA) is 74.2 Å². The number of halogens is 1. The Hall–Kier alpha value is -1.63. The summed E-state index contributed by atoms with van der Waals surface area (Å²) in [6.07, 6.45) is 0. The number of carbonyl (C=O) groups excluding carboxylic acids is 1. The summed E-state index contributed by atoms with van der Waals surface area (Å²) < 4.78 is 0. The van der Waals surface area contributed by atoms with Gasteiger partial charge in [0.05, 0.1) is 24.9 Å². The lowest BCUT2D eigenvalue weighted by molar-refractivity contribution is 0.220. The number of nitrogens with one attached hydrogen (secondary N) is 2.